The number of hydrogen-bond donors (Lipinski definition) is 2. The van der Waals surface area contributed by atoms with Crippen molar-refractivity contribution in [2.75, 3.05) is 22.1 Å². The molecule has 25 heavy (non-hydrogen) atoms. The first-order chi connectivity index (χ1) is 12.0. The maximum atomic E-state index is 12.3. The number of benzene rings is 2. The van der Waals surface area contributed by atoms with Crippen molar-refractivity contribution in [2.24, 2.45) is 0 Å². The molecular formula is C20H23N3O2. The average Bonchev–Trinajstić information content (AvgIpc) is 3.01. The summed E-state index contributed by atoms with van der Waals surface area (Å²) in [5.74, 6) is 0.0852. The molecule has 1 fully saturated rings. The molecule has 1 aliphatic rings. The van der Waals surface area contributed by atoms with E-state index in [9.17, 15) is 9.59 Å². The maximum Gasteiger partial charge on any atom is 0.246 e. The van der Waals surface area contributed by atoms with E-state index in [1.807, 2.05) is 67.3 Å². The van der Waals surface area contributed by atoms with Crippen LogP contribution >= 0.6 is 0 Å². The summed E-state index contributed by atoms with van der Waals surface area (Å²) < 4.78 is 0. The van der Waals surface area contributed by atoms with Gasteiger partial charge in [0.05, 0.1) is 0 Å². The highest BCUT2D eigenvalue weighted by molar-refractivity contribution is 5.97. The van der Waals surface area contributed by atoms with Gasteiger partial charge in [0.1, 0.15) is 6.04 Å². The Morgan fingerprint density at radius 2 is 1.88 bits per heavy atom. The Labute approximate surface area is 148 Å². The Morgan fingerprint density at radius 3 is 2.52 bits per heavy atom. The minimum atomic E-state index is -0.376. The number of para-hydroxylation sites is 1. The minimum absolute atomic E-state index is 0.0948. The van der Waals surface area contributed by atoms with Crippen LogP contribution in [0.5, 0.6) is 0 Å². The highest BCUT2D eigenvalue weighted by Crippen LogP contribution is 2.27. The third-order valence-electron chi connectivity index (χ3n) is 4.38. The SMILES string of the molecule is Cc1cc(N[C@@H](C)C(=O)Nc2ccccc2)ccc1N1CCCC1=O. The average molecular weight is 337 g/mol. The van der Waals surface area contributed by atoms with E-state index in [2.05, 4.69) is 10.6 Å². The minimum Gasteiger partial charge on any atom is -0.374 e. The molecule has 2 aromatic rings. The zero-order chi connectivity index (χ0) is 17.8. The van der Waals surface area contributed by atoms with Gasteiger partial charge in [0.25, 0.3) is 0 Å². The van der Waals surface area contributed by atoms with Crippen LogP contribution in [-0.4, -0.2) is 24.4 Å². The number of carbonyl (C=O) groups excluding carboxylic acids is 2. The van der Waals surface area contributed by atoms with Crippen molar-refractivity contribution in [3.63, 3.8) is 0 Å². The summed E-state index contributed by atoms with van der Waals surface area (Å²) in [6.07, 6.45) is 1.53. The topological polar surface area (TPSA) is 61.4 Å². The number of nitrogens with zero attached hydrogens (tertiary/aromatic N) is 1. The largest absolute Gasteiger partial charge is 0.374 e. The Bertz CT molecular complexity index is 774. The molecule has 2 aromatic carbocycles. The van der Waals surface area contributed by atoms with Gasteiger partial charge in [-0.25, -0.2) is 0 Å². The third-order valence-corrected chi connectivity index (χ3v) is 4.38. The Kier molecular flexibility index (Phi) is 5.03. The van der Waals surface area contributed by atoms with Gasteiger partial charge in [0.15, 0.2) is 0 Å². The molecule has 0 aliphatic carbocycles. The monoisotopic (exact) mass is 337 g/mol. The number of carbonyl (C=O) groups is 2. The Hall–Kier alpha value is -2.82. The summed E-state index contributed by atoms with van der Waals surface area (Å²) in [6.45, 7) is 4.59. The standard InChI is InChI=1S/C20H23N3O2/c1-14-13-17(10-11-18(14)23-12-6-9-19(23)24)21-15(2)20(25)22-16-7-4-3-5-8-16/h3-5,7-8,10-11,13,15,21H,6,9,12H2,1-2H3,(H,22,25)/t15-/m0/s1. The van der Waals surface area contributed by atoms with Crippen LogP contribution in [0.25, 0.3) is 0 Å². The fraction of sp³-hybridized carbons (Fsp3) is 0.300. The molecule has 0 saturated carbocycles. The summed E-state index contributed by atoms with van der Waals surface area (Å²) >= 11 is 0. The molecule has 0 aromatic heterocycles. The first kappa shape index (κ1) is 17.0. The van der Waals surface area contributed by atoms with Gasteiger partial charge in [0, 0.05) is 30.0 Å². The zero-order valence-electron chi connectivity index (χ0n) is 14.6. The molecule has 1 heterocycles. The van der Waals surface area contributed by atoms with Gasteiger partial charge < -0.3 is 15.5 Å². The lowest BCUT2D eigenvalue weighted by atomic mass is 10.1. The van der Waals surface area contributed by atoms with Gasteiger partial charge in [-0.15, -0.1) is 0 Å². The van der Waals surface area contributed by atoms with Gasteiger partial charge in [-0.3, -0.25) is 9.59 Å². The molecule has 2 N–H and O–H groups in total. The van der Waals surface area contributed by atoms with Crippen molar-refractivity contribution in [1.29, 1.82) is 0 Å². The summed E-state index contributed by atoms with van der Waals surface area (Å²) in [5, 5.41) is 6.10. The van der Waals surface area contributed by atoms with E-state index in [0.717, 1.165) is 35.6 Å². The van der Waals surface area contributed by atoms with Crippen LogP contribution in [0.1, 0.15) is 25.3 Å². The van der Waals surface area contributed by atoms with Gasteiger partial charge in [-0.1, -0.05) is 18.2 Å². The lowest BCUT2D eigenvalue weighted by Crippen LogP contribution is -2.32. The van der Waals surface area contributed by atoms with E-state index in [4.69, 9.17) is 0 Å². The second-order valence-corrected chi connectivity index (χ2v) is 6.37. The smallest absolute Gasteiger partial charge is 0.246 e. The second-order valence-electron chi connectivity index (χ2n) is 6.37. The van der Waals surface area contributed by atoms with Crippen LogP contribution in [0.2, 0.25) is 0 Å². The van der Waals surface area contributed by atoms with E-state index < -0.39 is 0 Å². The molecule has 1 aliphatic heterocycles. The molecule has 1 saturated heterocycles. The number of hydrogen-bond acceptors (Lipinski definition) is 3. The first-order valence-corrected chi connectivity index (χ1v) is 8.58. The number of anilines is 3. The normalized spacial score (nSPS) is 15.1. The Morgan fingerprint density at radius 1 is 1.12 bits per heavy atom. The van der Waals surface area contributed by atoms with E-state index in [-0.39, 0.29) is 17.9 Å². The molecule has 1 atom stereocenters. The van der Waals surface area contributed by atoms with Crippen molar-refractivity contribution in [3.8, 4) is 0 Å². The molecule has 0 spiro atoms. The highest BCUT2D eigenvalue weighted by Gasteiger charge is 2.23. The van der Waals surface area contributed by atoms with Crippen molar-refractivity contribution in [3.05, 3.63) is 54.1 Å². The predicted molar refractivity (Wildman–Crippen MR) is 101 cm³/mol. The number of aryl methyl sites for hydroxylation is 1. The molecule has 0 unspecified atom stereocenters. The predicted octanol–water partition coefficient (Wildman–Crippen LogP) is 3.56. The number of rotatable bonds is 5. The van der Waals surface area contributed by atoms with Crippen LogP contribution in [0.15, 0.2) is 48.5 Å². The molecule has 3 rings (SSSR count). The zero-order valence-corrected chi connectivity index (χ0v) is 14.6. The Balaban J connectivity index is 1.65. The van der Waals surface area contributed by atoms with Gasteiger partial charge in [-0.05, 0) is 56.2 Å². The second kappa shape index (κ2) is 7.38. The van der Waals surface area contributed by atoms with E-state index >= 15 is 0 Å². The fourth-order valence-electron chi connectivity index (χ4n) is 3.04. The summed E-state index contributed by atoms with van der Waals surface area (Å²) in [5.41, 5.74) is 3.62. The van der Waals surface area contributed by atoms with Crippen LogP contribution in [0.4, 0.5) is 17.1 Å². The van der Waals surface area contributed by atoms with Crippen LogP contribution in [-0.2, 0) is 9.59 Å². The van der Waals surface area contributed by atoms with E-state index in [0.29, 0.717) is 6.42 Å². The maximum absolute atomic E-state index is 12.3. The van der Waals surface area contributed by atoms with E-state index in [1.54, 1.807) is 0 Å². The van der Waals surface area contributed by atoms with Crippen molar-refractivity contribution >= 4 is 28.9 Å². The molecule has 2 amide bonds. The quantitative estimate of drug-likeness (QED) is 0.877. The molecule has 5 nitrogen and oxygen atoms in total. The van der Waals surface area contributed by atoms with Crippen LogP contribution in [0, 0.1) is 6.92 Å². The summed E-state index contributed by atoms with van der Waals surface area (Å²) in [6, 6.07) is 14.9. The molecular weight excluding hydrogens is 314 g/mol. The van der Waals surface area contributed by atoms with Crippen molar-refractivity contribution < 1.29 is 9.59 Å². The number of nitrogens with one attached hydrogen (secondary N) is 2. The van der Waals surface area contributed by atoms with Crippen molar-refractivity contribution in [2.45, 2.75) is 32.7 Å². The molecule has 0 bridgehead atoms. The first-order valence-electron chi connectivity index (χ1n) is 8.58. The molecule has 0 radical (unpaired) electrons. The lowest BCUT2D eigenvalue weighted by Gasteiger charge is -2.20. The molecule has 130 valence electrons. The van der Waals surface area contributed by atoms with Gasteiger partial charge in [0.2, 0.25) is 11.8 Å². The van der Waals surface area contributed by atoms with Gasteiger partial charge in [-0.2, -0.15) is 0 Å². The fourth-order valence-corrected chi connectivity index (χ4v) is 3.04. The number of amides is 2. The van der Waals surface area contributed by atoms with Crippen LogP contribution < -0.4 is 15.5 Å². The van der Waals surface area contributed by atoms with Gasteiger partial charge >= 0.3 is 0 Å². The highest BCUT2D eigenvalue weighted by atomic mass is 16.2. The summed E-state index contributed by atoms with van der Waals surface area (Å²) in [7, 11) is 0. The van der Waals surface area contributed by atoms with E-state index in [1.165, 1.54) is 0 Å². The third kappa shape index (κ3) is 3.99. The van der Waals surface area contributed by atoms with Crippen molar-refractivity contribution in [1.82, 2.24) is 0 Å². The summed E-state index contributed by atoms with van der Waals surface area (Å²) in [4.78, 5) is 26.0. The molecule has 5 heteroatoms. The lowest BCUT2D eigenvalue weighted by molar-refractivity contribution is -0.117. The van der Waals surface area contributed by atoms with Crippen LogP contribution in [0.3, 0.4) is 0 Å².